The number of aryl methyl sites for hydroxylation is 1. The first-order valence-corrected chi connectivity index (χ1v) is 7.25. The fraction of sp³-hybridized carbons (Fsp3) is 0.417. The molecule has 17 heavy (non-hydrogen) atoms. The minimum atomic E-state index is 0.298. The molecule has 2 aromatic rings. The Labute approximate surface area is 114 Å². The summed E-state index contributed by atoms with van der Waals surface area (Å²) in [5.74, 6) is 0. The van der Waals surface area contributed by atoms with Crippen molar-refractivity contribution in [1.29, 1.82) is 0 Å². The molecule has 92 valence electrons. The van der Waals surface area contributed by atoms with Gasteiger partial charge in [-0.3, -0.25) is 0 Å². The van der Waals surface area contributed by atoms with Crippen molar-refractivity contribution >= 4 is 27.3 Å². The molecule has 0 aliphatic rings. The summed E-state index contributed by atoms with van der Waals surface area (Å²) in [5, 5.41) is 3.49. The molecule has 2 rings (SSSR count). The first kappa shape index (κ1) is 12.8. The van der Waals surface area contributed by atoms with Crippen LogP contribution in [0.2, 0.25) is 0 Å². The number of aromatic nitrogens is 2. The first-order valence-electron chi connectivity index (χ1n) is 5.64. The normalized spacial score (nSPS) is 12.9. The van der Waals surface area contributed by atoms with Crippen molar-refractivity contribution in [2.24, 2.45) is 7.05 Å². The molecular formula is C12H16BrN3S. The van der Waals surface area contributed by atoms with Gasteiger partial charge in [0.25, 0.3) is 0 Å². The quantitative estimate of drug-likeness (QED) is 0.919. The van der Waals surface area contributed by atoms with Crippen LogP contribution in [0, 0.1) is 0 Å². The van der Waals surface area contributed by atoms with Crippen molar-refractivity contribution < 1.29 is 0 Å². The second-order valence-corrected chi connectivity index (χ2v) is 6.53. The predicted molar refractivity (Wildman–Crippen MR) is 75.3 cm³/mol. The molecule has 0 amide bonds. The molecule has 0 aliphatic carbocycles. The number of likely N-dealkylation sites (N-methyl/N-ethyl adjacent to an activating group) is 1. The monoisotopic (exact) mass is 313 g/mol. The summed E-state index contributed by atoms with van der Waals surface area (Å²) in [7, 11) is 2.00. The van der Waals surface area contributed by atoms with E-state index in [9.17, 15) is 0 Å². The number of hydrogen-bond acceptors (Lipinski definition) is 3. The van der Waals surface area contributed by atoms with Crippen molar-refractivity contribution in [3.05, 3.63) is 39.0 Å². The third-order valence-electron chi connectivity index (χ3n) is 2.57. The lowest BCUT2D eigenvalue weighted by Crippen LogP contribution is -2.23. The van der Waals surface area contributed by atoms with Crippen molar-refractivity contribution in [3.63, 3.8) is 0 Å². The second kappa shape index (κ2) is 5.80. The van der Waals surface area contributed by atoms with Crippen molar-refractivity contribution in [1.82, 2.24) is 14.9 Å². The Hall–Kier alpha value is -0.650. The SMILES string of the molecule is CCNC(Cc1ccc(Br)s1)c1cn(C)cn1. The number of nitrogens with zero attached hydrogens (tertiary/aromatic N) is 2. The number of nitrogens with one attached hydrogen (secondary N) is 1. The molecule has 0 saturated carbocycles. The van der Waals surface area contributed by atoms with Gasteiger partial charge < -0.3 is 9.88 Å². The molecule has 0 aromatic carbocycles. The summed E-state index contributed by atoms with van der Waals surface area (Å²) in [5.41, 5.74) is 1.11. The maximum absolute atomic E-state index is 4.43. The highest BCUT2D eigenvalue weighted by Gasteiger charge is 2.14. The average Bonchev–Trinajstić information content (AvgIpc) is 2.87. The predicted octanol–water partition coefficient (Wildman–Crippen LogP) is 3.14. The van der Waals surface area contributed by atoms with Crippen molar-refractivity contribution in [3.8, 4) is 0 Å². The highest BCUT2D eigenvalue weighted by Crippen LogP contribution is 2.26. The zero-order valence-corrected chi connectivity index (χ0v) is 12.4. The van der Waals surface area contributed by atoms with Crippen LogP contribution >= 0.6 is 27.3 Å². The van der Waals surface area contributed by atoms with E-state index in [1.807, 2.05) is 17.9 Å². The van der Waals surface area contributed by atoms with Crippen molar-refractivity contribution in [2.45, 2.75) is 19.4 Å². The second-order valence-electron chi connectivity index (χ2n) is 3.98. The molecule has 5 heteroatoms. The summed E-state index contributed by atoms with van der Waals surface area (Å²) in [6.45, 7) is 3.08. The zero-order chi connectivity index (χ0) is 12.3. The molecule has 2 heterocycles. The van der Waals surface area contributed by atoms with Gasteiger partial charge in [-0.1, -0.05) is 6.92 Å². The highest BCUT2D eigenvalue weighted by molar-refractivity contribution is 9.11. The summed E-state index contributed by atoms with van der Waals surface area (Å²) in [4.78, 5) is 5.80. The number of halogens is 1. The van der Waals surface area contributed by atoms with Gasteiger partial charge in [0.1, 0.15) is 0 Å². The number of rotatable bonds is 5. The summed E-state index contributed by atoms with van der Waals surface area (Å²) >= 11 is 5.29. The van der Waals surface area contributed by atoms with Crippen LogP contribution in [0.1, 0.15) is 23.5 Å². The van der Waals surface area contributed by atoms with Crippen LogP contribution in [-0.4, -0.2) is 16.1 Å². The maximum atomic E-state index is 4.43. The highest BCUT2D eigenvalue weighted by atomic mass is 79.9. The summed E-state index contributed by atoms with van der Waals surface area (Å²) in [6.07, 6.45) is 4.92. The molecule has 0 fully saturated rings. The molecule has 3 nitrogen and oxygen atoms in total. The van der Waals surface area contributed by atoms with Gasteiger partial charge >= 0.3 is 0 Å². The Morgan fingerprint density at radius 2 is 2.35 bits per heavy atom. The van der Waals surface area contributed by atoms with E-state index in [2.05, 4.69) is 51.5 Å². The van der Waals surface area contributed by atoms with Gasteiger partial charge in [0.05, 0.1) is 21.8 Å². The van der Waals surface area contributed by atoms with E-state index in [4.69, 9.17) is 0 Å². The van der Waals surface area contributed by atoms with Crippen LogP contribution in [0.4, 0.5) is 0 Å². The zero-order valence-electron chi connectivity index (χ0n) is 9.98. The average molecular weight is 314 g/mol. The van der Waals surface area contributed by atoms with Gasteiger partial charge in [-0.15, -0.1) is 11.3 Å². The molecule has 0 radical (unpaired) electrons. The van der Waals surface area contributed by atoms with E-state index in [0.717, 1.165) is 18.7 Å². The van der Waals surface area contributed by atoms with Crippen LogP contribution in [0.3, 0.4) is 0 Å². The topological polar surface area (TPSA) is 29.9 Å². The Kier molecular flexibility index (Phi) is 4.36. The van der Waals surface area contributed by atoms with Crippen LogP contribution in [0.15, 0.2) is 28.4 Å². The fourth-order valence-corrected chi connectivity index (χ4v) is 3.33. The van der Waals surface area contributed by atoms with E-state index in [1.54, 1.807) is 11.3 Å². The minimum Gasteiger partial charge on any atom is -0.340 e. The Morgan fingerprint density at radius 3 is 2.88 bits per heavy atom. The van der Waals surface area contributed by atoms with E-state index < -0.39 is 0 Å². The largest absolute Gasteiger partial charge is 0.340 e. The summed E-state index contributed by atoms with van der Waals surface area (Å²) < 4.78 is 3.17. The smallest absolute Gasteiger partial charge is 0.0947 e. The van der Waals surface area contributed by atoms with Gasteiger partial charge in [-0.25, -0.2) is 4.98 Å². The maximum Gasteiger partial charge on any atom is 0.0947 e. The lowest BCUT2D eigenvalue weighted by atomic mass is 10.1. The molecule has 0 aliphatic heterocycles. The van der Waals surface area contributed by atoms with Gasteiger partial charge in [0.15, 0.2) is 0 Å². The van der Waals surface area contributed by atoms with E-state index in [-0.39, 0.29) is 0 Å². The Balaban J connectivity index is 2.12. The van der Waals surface area contributed by atoms with Gasteiger partial charge in [-0.2, -0.15) is 0 Å². The first-order chi connectivity index (χ1) is 8.19. The third kappa shape index (κ3) is 3.40. The molecule has 1 N–H and O–H groups in total. The molecule has 1 unspecified atom stereocenters. The molecule has 0 saturated heterocycles. The van der Waals surface area contributed by atoms with Gasteiger partial charge in [0, 0.05) is 24.5 Å². The lowest BCUT2D eigenvalue weighted by Gasteiger charge is -2.14. The molecular weight excluding hydrogens is 298 g/mol. The van der Waals surface area contributed by atoms with Gasteiger partial charge in [-0.05, 0) is 34.6 Å². The number of hydrogen-bond donors (Lipinski definition) is 1. The standard InChI is InChI=1S/C12H16BrN3S/c1-3-14-10(11-7-16(2)8-15-11)6-9-4-5-12(13)17-9/h4-5,7-8,10,14H,3,6H2,1-2H3. The summed E-state index contributed by atoms with van der Waals surface area (Å²) in [6, 6.07) is 4.57. The van der Waals surface area contributed by atoms with E-state index >= 15 is 0 Å². The third-order valence-corrected chi connectivity index (χ3v) is 4.21. The van der Waals surface area contributed by atoms with Crippen LogP contribution in [0.5, 0.6) is 0 Å². The molecule has 2 aromatic heterocycles. The molecule has 1 atom stereocenters. The number of imidazole rings is 1. The van der Waals surface area contributed by atoms with E-state index in [1.165, 1.54) is 8.66 Å². The van der Waals surface area contributed by atoms with Gasteiger partial charge in [0.2, 0.25) is 0 Å². The van der Waals surface area contributed by atoms with Crippen LogP contribution in [0.25, 0.3) is 0 Å². The van der Waals surface area contributed by atoms with E-state index in [0.29, 0.717) is 6.04 Å². The fourth-order valence-electron chi connectivity index (χ4n) is 1.80. The molecule has 0 spiro atoms. The molecule has 0 bridgehead atoms. The lowest BCUT2D eigenvalue weighted by molar-refractivity contribution is 0.542. The Morgan fingerprint density at radius 1 is 1.53 bits per heavy atom. The van der Waals surface area contributed by atoms with Crippen LogP contribution in [-0.2, 0) is 13.5 Å². The van der Waals surface area contributed by atoms with Crippen molar-refractivity contribution in [2.75, 3.05) is 6.54 Å². The Bertz CT molecular complexity index is 478. The number of thiophene rings is 1. The van der Waals surface area contributed by atoms with Crippen LogP contribution < -0.4 is 5.32 Å². The minimum absolute atomic E-state index is 0.298.